The SMILES string of the molecule is O=C(O)CC1SC(c2ccco2)N(c2ccccn2)C1=O. The highest BCUT2D eigenvalue weighted by molar-refractivity contribution is 8.01. The number of hydrogen-bond donors (Lipinski definition) is 1. The Morgan fingerprint density at radius 3 is 2.86 bits per heavy atom. The summed E-state index contributed by atoms with van der Waals surface area (Å²) in [6.45, 7) is 0. The van der Waals surface area contributed by atoms with Gasteiger partial charge in [0.05, 0.1) is 17.9 Å². The number of anilines is 1. The van der Waals surface area contributed by atoms with Gasteiger partial charge in [0.15, 0.2) is 0 Å². The number of carbonyl (C=O) groups is 2. The van der Waals surface area contributed by atoms with E-state index in [9.17, 15) is 9.59 Å². The van der Waals surface area contributed by atoms with Crippen LogP contribution in [0, 0.1) is 0 Å². The Balaban J connectivity index is 1.96. The number of pyridine rings is 1. The van der Waals surface area contributed by atoms with Crippen LogP contribution in [0.15, 0.2) is 47.2 Å². The maximum atomic E-state index is 12.5. The van der Waals surface area contributed by atoms with Crippen molar-refractivity contribution in [2.24, 2.45) is 0 Å². The lowest BCUT2D eigenvalue weighted by Crippen LogP contribution is -2.32. The average molecular weight is 304 g/mol. The number of carboxylic acids is 1. The minimum Gasteiger partial charge on any atom is -0.481 e. The molecule has 2 aromatic rings. The summed E-state index contributed by atoms with van der Waals surface area (Å²) in [4.78, 5) is 29.1. The molecule has 21 heavy (non-hydrogen) atoms. The van der Waals surface area contributed by atoms with Crippen LogP contribution in [-0.4, -0.2) is 27.2 Å². The monoisotopic (exact) mass is 304 g/mol. The molecule has 0 aliphatic carbocycles. The maximum absolute atomic E-state index is 12.5. The molecule has 2 unspecified atom stereocenters. The quantitative estimate of drug-likeness (QED) is 0.933. The lowest BCUT2D eigenvalue weighted by molar-refractivity contribution is -0.138. The van der Waals surface area contributed by atoms with Crippen LogP contribution in [0.2, 0.25) is 0 Å². The van der Waals surface area contributed by atoms with Crippen molar-refractivity contribution in [2.75, 3.05) is 4.90 Å². The highest BCUT2D eigenvalue weighted by Gasteiger charge is 2.44. The van der Waals surface area contributed by atoms with E-state index in [1.807, 2.05) is 0 Å². The zero-order valence-corrected chi connectivity index (χ0v) is 11.7. The van der Waals surface area contributed by atoms with Gasteiger partial charge in [-0.2, -0.15) is 0 Å². The number of thioether (sulfide) groups is 1. The van der Waals surface area contributed by atoms with E-state index in [4.69, 9.17) is 9.52 Å². The Bertz CT molecular complexity index is 644. The summed E-state index contributed by atoms with van der Waals surface area (Å²) in [6, 6.07) is 8.76. The Kier molecular flexibility index (Phi) is 3.66. The van der Waals surface area contributed by atoms with E-state index in [1.165, 1.54) is 22.9 Å². The molecule has 3 rings (SSSR count). The average Bonchev–Trinajstić information content (AvgIpc) is 3.08. The molecular formula is C14H12N2O4S. The van der Waals surface area contributed by atoms with E-state index in [0.717, 1.165) is 0 Å². The van der Waals surface area contributed by atoms with Gasteiger partial charge in [-0.1, -0.05) is 6.07 Å². The second-order valence-corrected chi connectivity index (χ2v) is 5.77. The third-order valence-electron chi connectivity index (χ3n) is 3.08. The molecule has 6 nitrogen and oxygen atoms in total. The van der Waals surface area contributed by atoms with Crippen molar-refractivity contribution in [1.29, 1.82) is 0 Å². The van der Waals surface area contributed by atoms with E-state index in [2.05, 4.69) is 4.98 Å². The second kappa shape index (κ2) is 5.61. The molecular weight excluding hydrogens is 292 g/mol. The topological polar surface area (TPSA) is 83.6 Å². The fourth-order valence-corrected chi connectivity index (χ4v) is 3.58. The normalized spacial score (nSPS) is 21.7. The zero-order chi connectivity index (χ0) is 14.8. The first-order valence-electron chi connectivity index (χ1n) is 6.31. The van der Waals surface area contributed by atoms with Gasteiger partial charge in [-0.05, 0) is 24.3 Å². The molecule has 108 valence electrons. The van der Waals surface area contributed by atoms with Crippen LogP contribution >= 0.6 is 11.8 Å². The van der Waals surface area contributed by atoms with Gasteiger partial charge >= 0.3 is 5.97 Å². The second-order valence-electron chi connectivity index (χ2n) is 4.49. The standard InChI is InChI=1S/C14H12N2O4S/c17-12(18)8-10-13(19)16(11-5-1-2-6-15-11)14(21-10)9-4-3-7-20-9/h1-7,10,14H,8H2,(H,17,18). The molecule has 2 atom stereocenters. The number of hydrogen-bond acceptors (Lipinski definition) is 5. The lowest BCUT2D eigenvalue weighted by Gasteiger charge is -2.20. The molecule has 0 bridgehead atoms. The first kappa shape index (κ1) is 13.7. The lowest BCUT2D eigenvalue weighted by atomic mass is 10.2. The summed E-state index contributed by atoms with van der Waals surface area (Å²) < 4.78 is 5.38. The third kappa shape index (κ3) is 2.64. The maximum Gasteiger partial charge on any atom is 0.305 e. The van der Waals surface area contributed by atoms with Gasteiger partial charge in [-0.15, -0.1) is 11.8 Å². The fourth-order valence-electron chi connectivity index (χ4n) is 2.19. The molecule has 0 radical (unpaired) electrons. The molecule has 2 aromatic heterocycles. The van der Waals surface area contributed by atoms with E-state index in [0.29, 0.717) is 11.6 Å². The molecule has 1 fully saturated rings. The Labute approximate surface area is 124 Å². The van der Waals surface area contributed by atoms with Gasteiger partial charge in [0, 0.05) is 6.20 Å². The van der Waals surface area contributed by atoms with Crippen LogP contribution in [0.3, 0.4) is 0 Å². The predicted molar refractivity (Wildman–Crippen MR) is 76.8 cm³/mol. The summed E-state index contributed by atoms with van der Waals surface area (Å²) in [5.41, 5.74) is 0. The largest absolute Gasteiger partial charge is 0.481 e. The number of carboxylic acid groups (broad SMARTS) is 1. The molecule has 1 amide bonds. The van der Waals surface area contributed by atoms with Gasteiger partial charge in [0.1, 0.15) is 17.0 Å². The van der Waals surface area contributed by atoms with E-state index in [1.54, 1.807) is 36.5 Å². The molecule has 1 saturated heterocycles. The fraction of sp³-hybridized carbons (Fsp3) is 0.214. The molecule has 7 heteroatoms. The van der Waals surface area contributed by atoms with Crippen molar-refractivity contribution in [3.63, 3.8) is 0 Å². The van der Waals surface area contributed by atoms with E-state index in [-0.39, 0.29) is 12.3 Å². The van der Waals surface area contributed by atoms with Crippen molar-refractivity contribution < 1.29 is 19.1 Å². The van der Waals surface area contributed by atoms with Crippen LogP contribution in [-0.2, 0) is 9.59 Å². The summed E-state index contributed by atoms with van der Waals surface area (Å²) in [6.07, 6.45) is 2.91. The summed E-state index contributed by atoms with van der Waals surface area (Å²) in [5.74, 6) is -0.166. The molecule has 0 aromatic carbocycles. The van der Waals surface area contributed by atoms with Crippen molar-refractivity contribution in [3.05, 3.63) is 48.6 Å². The van der Waals surface area contributed by atoms with E-state index < -0.39 is 16.6 Å². The molecule has 0 spiro atoms. The number of rotatable bonds is 4. The zero-order valence-electron chi connectivity index (χ0n) is 10.9. The molecule has 0 saturated carbocycles. The molecule has 3 heterocycles. The minimum absolute atomic E-state index is 0.218. The van der Waals surface area contributed by atoms with Crippen LogP contribution < -0.4 is 4.90 Å². The van der Waals surface area contributed by atoms with Gasteiger partial charge in [-0.3, -0.25) is 14.5 Å². The Morgan fingerprint density at radius 2 is 2.24 bits per heavy atom. The van der Waals surface area contributed by atoms with Gasteiger partial charge in [0.25, 0.3) is 0 Å². The predicted octanol–water partition coefficient (Wildman–Crippen LogP) is 2.30. The van der Waals surface area contributed by atoms with Gasteiger partial charge in [0.2, 0.25) is 5.91 Å². The number of nitrogens with zero attached hydrogens (tertiary/aromatic N) is 2. The summed E-state index contributed by atoms with van der Waals surface area (Å²) >= 11 is 1.27. The van der Waals surface area contributed by atoms with E-state index >= 15 is 0 Å². The van der Waals surface area contributed by atoms with Crippen molar-refractivity contribution in [3.8, 4) is 0 Å². The first-order chi connectivity index (χ1) is 10.2. The first-order valence-corrected chi connectivity index (χ1v) is 7.26. The van der Waals surface area contributed by atoms with Crippen molar-refractivity contribution >= 4 is 29.5 Å². The van der Waals surface area contributed by atoms with Gasteiger partial charge < -0.3 is 9.52 Å². The number of aromatic nitrogens is 1. The Morgan fingerprint density at radius 1 is 1.38 bits per heavy atom. The van der Waals surface area contributed by atoms with Crippen LogP contribution in [0.25, 0.3) is 0 Å². The molecule has 1 aliphatic heterocycles. The number of carbonyl (C=O) groups excluding carboxylic acids is 1. The highest BCUT2D eigenvalue weighted by atomic mass is 32.2. The molecule has 1 aliphatic rings. The summed E-state index contributed by atoms with van der Waals surface area (Å²) in [5, 5.41) is 7.91. The summed E-state index contributed by atoms with van der Waals surface area (Å²) in [7, 11) is 0. The Hall–Kier alpha value is -2.28. The van der Waals surface area contributed by atoms with Crippen LogP contribution in [0.5, 0.6) is 0 Å². The van der Waals surface area contributed by atoms with Gasteiger partial charge in [-0.25, -0.2) is 4.98 Å². The minimum atomic E-state index is -0.998. The van der Waals surface area contributed by atoms with Crippen molar-refractivity contribution in [2.45, 2.75) is 17.0 Å². The smallest absolute Gasteiger partial charge is 0.305 e. The van der Waals surface area contributed by atoms with Crippen LogP contribution in [0.4, 0.5) is 5.82 Å². The third-order valence-corrected chi connectivity index (χ3v) is 4.48. The number of furan rings is 1. The number of aliphatic carboxylic acids is 1. The van der Waals surface area contributed by atoms with Crippen LogP contribution in [0.1, 0.15) is 17.6 Å². The highest BCUT2D eigenvalue weighted by Crippen LogP contribution is 2.46. The number of amides is 1. The molecule has 1 N–H and O–H groups in total. The van der Waals surface area contributed by atoms with Crippen molar-refractivity contribution in [1.82, 2.24) is 4.98 Å².